The quantitative estimate of drug-likeness (QED) is 0.817. The molecule has 1 aromatic heterocycles. The Morgan fingerprint density at radius 3 is 2.37 bits per heavy atom. The van der Waals surface area contributed by atoms with Crippen LogP contribution in [-0.4, -0.2) is 39.2 Å². The SMILES string of the molecule is O=C(O)C1CCC(C(=O)Nc2c(Cl)ncnc2Cl)O1. The number of halogens is 2. The predicted molar refractivity (Wildman–Crippen MR) is 66.2 cm³/mol. The summed E-state index contributed by atoms with van der Waals surface area (Å²) in [4.78, 5) is 30.0. The van der Waals surface area contributed by atoms with Crippen molar-refractivity contribution in [1.82, 2.24) is 9.97 Å². The first-order valence-electron chi connectivity index (χ1n) is 5.34. The van der Waals surface area contributed by atoms with E-state index in [4.69, 9.17) is 33.0 Å². The van der Waals surface area contributed by atoms with E-state index in [0.29, 0.717) is 6.42 Å². The van der Waals surface area contributed by atoms with E-state index in [1.54, 1.807) is 0 Å². The number of hydrogen-bond donors (Lipinski definition) is 2. The molecule has 2 rings (SSSR count). The zero-order valence-corrected chi connectivity index (χ0v) is 11.0. The van der Waals surface area contributed by atoms with Crippen LogP contribution < -0.4 is 5.32 Å². The van der Waals surface area contributed by atoms with Crippen LogP contribution in [0, 0.1) is 0 Å². The number of aromatic nitrogens is 2. The maximum atomic E-state index is 11.9. The minimum Gasteiger partial charge on any atom is -0.479 e. The molecule has 2 heterocycles. The summed E-state index contributed by atoms with van der Waals surface area (Å²) in [7, 11) is 0. The summed E-state index contributed by atoms with van der Waals surface area (Å²) in [6.07, 6.45) is -0.0687. The van der Waals surface area contributed by atoms with Gasteiger partial charge in [-0.2, -0.15) is 0 Å². The van der Waals surface area contributed by atoms with E-state index in [9.17, 15) is 9.59 Å². The fourth-order valence-corrected chi connectivity index (χ4v) is 2.07. The monoisotopic (exact) mass is 305 g/mol. The van der Waals surface area contributed by atoms with E-state index in [0.717, 1.165) is 6.33 Å². The average Bonchev–Trinajstić information content (AvgIpc) is 2.83. The summed E-state index contributed by atoms with van der Waals surface area (Å²) >= 11 is 11.5. The van der Waals surface area contributed by atoms with Crippen LogP contribution in [0.15, 0.2) is 6.33 Å². The number of rotatable bonds is 3. The molecule has 19 heavy (non-hydrogen) atoms. The molecule has 1 amide bonds. The van der Waals surface area contributed by atoms with Gasteiger partial charge < -0.3 is 15.2 Å². The number of ether oxygens (including phenoxy) is 1. The van der Waals surface area contributed by atoms with Crippen molar-refractivity contribution >= 4 is 40.8 Å². The van der Waals surface area contributed by atoms with Gasteiger partial charge >= 0.3 is 5.97 Å². The first-order chi connectivity index (χ1) is 8.99. The number of carbonyl (C=O) groups excluding carboxylic acids is 1. The highest BCUT2D eigenvalue weighted by atomic mass is 35.5. The van der Waals surface area contributed by atoms with Gasteiger partial charge in [0.25, 0.3) is 5.91 Å². The first kappa shape index (κ1) is 14.0. The summed E-state index contributed by atoms with van der Waals surface area (Å²) in [5.41, 5.74) is 0.0817. The smallest absolute Gasteiger partial charge is 0.332 e. The number of hydrogen-bond acceptors (Lipinski definition) is 5. The van der Waals surface area contributed by atoms with Crippen molar-refractivity contribution in [3.63, 3.8) is 0 Å². The third kappa shape index (κ3) is 3.12. The summed E-state index contributed by atoms with van der Waals surface area (Å²) < 4.78 is 5.10. The molecule has 1 fully saturated rings. The maximum absolute atomic E-state index is 11.9. The van der Waals surface area contributed by atoms with E-state index >= 15 is 0 Å². The van der Waals surface area contributed by atoms with Gasteiger partial charge in [0.05, 0.1) is 0 Å². The number of amides is 1. The number of anilines is 1. The minimum absolute atomic E-state index is 0.00105. The van der Waals surface area contributed by atoms with Gasteiger partial charge in [-0.15, -0.1) is 0 Å². The van der Waals surface area contributed by atoms with Crippen molar-refractivity contribution in [1.29, 1.82) is 0 Å². The number of aliphatic carboxylic acids is 1. The molecule has 2 atom stereocenters. The number of carbonyl (C=O) groups is 2. The summed E-state index contributed by atoms with van der Waals surface area (Å²) in [5, 5.41) is 11.2. The third-order valence-electron chi connectivity index (χ3n) is 2.59. The van der Waals surface area contributed by atoms with Gasteiger partial charge in [0.2, 0.25) is 0 Å². The molecule has 0 saturated carbocycles. The van der Waals surface area contributed by atoms with E-state index < -0.39 is 24.1 Å². The number of carboxylic acid groups (broad SMARTS) is 1. The first-order valence-corrected chi connectivity index (χ1v) is 6.09. The molecular formula is C10H9Cl2N3O4. The molecule has 2 unspecified atom stereocenters. The Balaban J connectivity index is 2.04. The second-order valence-electron chi connectivity index (χ2n) is 3.85. The van der Waals surface area contributed by atoms with Gasteiger partial charge in [-0.25, -0.2) is 14.8 Å². The van der Waals surface area contributed by atoms with Crippen LogP contribution in [0.1, 0.15) is 12.8 Å². The largest absolute Gasteiger partial charge is 0.479 e. The molecule has 0 spiro atoms. The highest BCUT2D eigenvalue weighted by molar-refractivity contribution is 6.38. The van der Waals surface area contributed by atoms with Gasteiger partial charge in [0.15, 0.2) is 16.4 Å². The molecule has 0 aromatic carbocycles. The molecule has 1 saturated heterocycles. The maximum Gasteiger partial charge on any atom is 0.332 e. The molecule has 0 aliphatic carbocycles. The lowest BCUT2D eigenvalue weighted by Crippen LogP contribution is -2.30. The Morgan fingerprint density at radius 1 is 1.26 bits per heavy atom. The summed E-state index contributed by atoms with van der Waals surface area (Å²) in [5.74, 6) is -1.61. The van der Waals surface area contributed by atoms with Crippen LogP contribution in [0.5, 0.6) is 0 Å². The molecule has 1 aliphatic rings. The average molecular weight is 306 g/mol. The van der Waals surface area contributed by atoms with Gasteiger partial charge in [0.1, 0.15) is 18.1 Å². The normalized spacial score (nSPS) is 22.2. The Bertz CT molecular complexity index is 505. The Hall–Kier alpha value is -1.44. The van der Waals surface area contributed by atoms with Crippen molar-refractivity contribution in [3.05, 3.63) is 16.6 Å². The second kappa shape index (κ2) is 5.68. The molecule has 2 N–H and O–H groups in total. The third-order valence-corrected chi connectivity index (χ3v) is 3.16. The van der Waals surface area contributed by atoms with Crippen molar-refractivity contribution in [2.24, 2.45) is 0 Å². The zero-order valence-electron chi connectivity index (χ0n) is 9.47. The predicted octanol–water partition coefficient (Wildman–Crippen LogP) is 1.35. The highest BCUT2D eigenvalue weighted by Gasteiger charge is 2.35. The molecule has 9 heteroatoms. The second-order valence-corrected chi connectivity index (χ2v) is 4.56. The van der Waals surface area contributed by atoms with Crippen LogP contribution >= 0.6 is 23.2 Å². The van der Waals surface area contributed by atoms with Crippen LogP contribution in [0.25, 0.3) is 0 Å². The van der Waals surface area contributed by atoms with E-state index in [1.807, 2.05) is 0 Å². The zero-order chi connectivity index (χ0) is 14.0. The van der Waals surface area contributed by atoms with Gasteiger partial charge in [-0.3, -0.25) is 4.79 Å². The van der Waals surface area contributed by atoms with Crippen LogP contribution in [0.3, 0.4) is 0 Å². The lowest BCUT2D eigenvalue weighted by Gasteiger charge is -2.12. The minimum atomic E-state index is -1.09. The van der Waals surface area contributed by atoms with Gasteiger partial charge in [-0.05, 0) is 12.8 Å². The van der Waals surface area contributed by atoms with Crippen LogP contribution in [-0.2, 0) is 14.3 Å². The molecule has 7 nitrogen and oxygen atoms in total. The van der Waals surface area contributed by atoms with Gasteiger partial charge in [-0.1, -0.05) is 23.2 Å². The van der Waals surface area contributed by atoms with Crippen LogP contribution in [0.4, 0.5) is 5.69 Å². The lowest BCUT2D eigenvalue weighted by atomic mass is 10.2. The Kier molecular flexibility index (Phi) is 4.18. The van der Waals surface area contributed by atoms with Crippen molar-refractivity contribution in [3.8, 4) is 0 Å². The molecular weight excluding hydrogens is 297 g/mol. The topological polar surface area (TPSA) is 101 Å². The van der Waals surface area contributed by atoms with Crippen molar-refractivity contribution in [2.75, 3.05) is 5.32 Å². The summed E-state index contributed by atoms with van der Waals surface area (Å²) in [6.45, 7) is 0. The lowest BCUT2D eigenvalue weighted by molar-refractivity contribution is -0.150. The molecule has 0 radical (unpaired) electrons. The van der Waals surface area contributed by atoms with E-state index in [1.165, 1.54) is 0 Å². The van der Waals surface area contributed by atoms with Crippen LogP contribution in [0.2, 0.25) is 10.3 Å². The standard InChI is InChI=1S/C10H9Cl2N3O4/c11-7-6(8(12)14-3-13-7)15-9(16)4-1-2-5(19-4)10(17)18/h3-5H,1-2H2,(H,15,16)(H,17,18). The fraction of sp³-hybridized carbons (Fsp3) is 0.400. The Morgan fingerprint density at radius 2 is 1.84 bits per heavy atom. The number of carboxylic acids is 1. The molecule has 1 aromatic rings. The highest BCUT2D eigenvalue weighted by Crippen LogP contribution is 2.27. The van der Waals surface area contributed by atoms with Crippen molar-refractivity contribution < 1.29 is 19.4 Å². The van der Waals surface area contributed by atoms with E-state index in [-0.39, 0.29) is 22.4 Å². The van der Waals surface area contributed by atoms with E-state index in [2.05, 4.69) is 15.3 Å². The molecule has 1 aliphatic heterocycles. The summed E-state index contributed by atoms with van der Waals surface area (Å²) in [6, 6.07) is 0. The Labute approximate surface area is 117 Å². The van der Waals surface area contributed by atoms with Gasteiger partial charge in [0, 0.05) is 0 Å². The number of nitrogens with zero attached hydrogens (tertiary/aromatic N) is 2. The fourth-order valence-electron chi connectivity index (χ4n) is 1.66. The van der Waals surface area contributed by atoms with Crippen molar-refractivity contribution in [2.45, 2.75) is 25.0 Å². The molecule has 102 valence electrons. The number of nitrogens with one attached hydrogen (secondary N) is 1. The molecule has 0 bridgehead atoms.